The minimum atomic E-state index is 0.0886. The zero-order chi connectivity index (χ0) is 15.9. The highest BCUT2D eigenvalue weighted by Crippen LogP contribution is 2.07. The van der Waals surface area contributed by atoms with E-state index in [-0.39, 0.29) is 11.8 Å². The molecule has 1 aromatic heterocycles. The van der Waals surface area contributed by atoms with E-state index in [2.05, 4.69) is 16.8 Å². The highest BCUT2D eigenvalue weighted by Gasteiger charge is 2.23. The Balaban J connectivity index is 1.76. The van der Waals surface area contributed by atoms with Gasteiger partial charge in [-0.05, 0) is 6.54 Å². The Labute approximate surface area is 135 Å². The van der Waals surface area contributed by atoms with Crippen molar-refractivity contribution in [1.82, 2.24) is 19.7 Å². The average molecular weight is 324 g/mol. The van der Waals surface area contributed by atoms with E-state index in [1.54, 1.807) is 23.2 Å². The maximum Gasteiger partial charge on any atom is 0.236 e. The average Bonchev–Trinajstić information content (AvgIpc) is 3.04. The molecule has 6 nitrogen and oxygen atoms in total. The number of carbonyl (C=O) groups is 2. The molecule has 2 rings (SSSR count). The van der Waals surface area contributed by atoms with Crippen LogP contribution in [-0.2, 0) is 16.0 Å². The van der Waals surface area contributed by atoms with E-state index in [4.69, 9.17) is 0 Å². The Morgan fingerprint density at radius 1 is 1.27 bits per heavy atom. The van der Waals surface area contributed by atoms with Crippen molar-refractivity contribution in [2.75, 3.05) is 45.8 Å². The van der Waals surface area contributed by atoms with Crippen LogP contribution >= 0.6 is 11.3 Å². The van der Waals surface area contributed by atoms with Gasteiger partial charge in [-0.15, -0.1) is 11.3 Å². The third-order valence-corrected chi connectivity index (χ3v) is 4.85. The first-order valence-electron chi connectivity index (χ1n) is 7.74. The first kappa shape index (κ1) is 16.9. The van der Waals surface area contributed by atoms with E-state index < -0.39 is 0 Å². The summed E-state index contributed by atoms with van der Waals surface area (Å²) in [5.74, 6) is 0.245. The van der Waals surface area contributed by atoms with Crippen molar-refractivity contribution in [3.63, 3.8) is 0 Å². The van der Waals surface area contributed by atoms with E-state index in [9.17, 15) is 9.59 Å². The van der Waals surface area contributed by atoms with Gasteiger partial charge in [0.1, 0.15) is 0 Å². The molecule has 0 radical (unpaired) electrons. The van der Waals surface area contributed by atoms with Crippen LogP contribution in [0.5, 0.6) is 0 Å². The summed E-state index contributed by atoms with van der Waals surface area (Å²) in [4.78, 5) is 33.8. The van der Waals surface area contributed by atoms with Gasteiger partial charge in [0.15, 0.2) is 0 Å². The van der Waals surface area contributed by atoms with Crippen molar-refractivity contribution >= 4 is 23.2 Å². The Hall–Kier alpha value is -1.47. The fourth-order valence-electron chi connectivity index (χ4n) is 2.54. The highest BCUT2D eigenvalue weighted by atomic mass is 32.1. The molecule has 0 aromatic carbocycles. The summed E-state index contributed by atoms with van der Waals surface area (Å²) in [6.07, 6.45) is 2.70. The lowest BCUT2D eigenvalue weighted by Gasteiger charge is -2.35. The second-order valence-electron chi connectivity index (χ2n) is 5.43. The summed E-state index contributed by atoms with van der Waals surface area (Å²) in [5.41, 5.74) is 0. The Bertz CT molecular complexity index is 484. The lowest BCUT2D eigenvalue weighted by Crippen LogP contribution is -2.52. The molecular formula is C15H24N4O2S. The summed E-state index contributed by atoms with van der Waals surface area (Å²) in [6, 6.07) is 0. The number of likely N-dealkylation sites (N-methyl/N-ethyl adjacent to an activating group) is 1. The van der Waals surface area contributed by atoms with Crippen LogP contribution in [0.4, 0.5) is 0 Å². The SMILES string of the molecule is CCN(CCc1nccs1)CC(=O)N1CCN(C(C)=O)CC1. The van der Waals surface area contributed by atoms with Gasteiger partial charge in [-0.2, -0.15) is 0 Å². The van der Waals surface area contributed by atoms with Crippen LogP contribution in [0.15, 0.2) is 11.6 Å². The number of thiazole rings is 1. The van der Waals surface area contributed by atoms with Crippen molar-refractivity contribution < 1.29 is 9.59 Å². The molecule has 0 unspecified atom stereocenters. The Morgan fingerprint density at radius 3 is 2.50 bits per heavy atom. The molecular weight excluding hydrogens is 300 g/mol. The minimum absolute atomic E-state index is 0.0886. The van der Waals surface area contributed by atoms with E-state index in [1.165, 1.54) is 0 Å². The van der Waals surface area contributed by atoms with Gasteiger partial charge in [0.2, 0.25) is 11.8 Å². The van der Waals surface area contributed by atoms with Gasteiger partial charge in [0, 0.05) is 57.6 Å². The van der Waals surface area contributed by atoms with Crippen LogP contribution in [0.2, 0.25) is 0 Å². The number of hydrogen-bond donors (Lipinski definition) is 0. The monoisotopic (exact) mass is 324 g/mol. The van der Waals surface area contributed by atoms with E-state index in [0.717, 1.165) is 24.5 Å². The van der Waals surface area contributed by atoms with E-state index in [0.29, 0.717) is 32.7 Å². The molecule has 2 heterocycles. The molecule has 1 aromatic rings. The van der Waals surface area contributed by atoms with Crippen molar-refractivity contribution in [3.05, 3.63) is 16.6 Å². The molecule has 1 fully saturated rings. The molecule has 0 spiro atoms. The number of aromatic nitrogens is 1. The normalized spacial score (nSPS) is 15.4. The minimum Gasteiger partial charge on any atom is -0.339 e. The van der Waals surface area contributed by atoms with Gasteiger partial charge in [0.25, 0.3) is 0 Å². The zero-order valence-electron chi connectivity index (χ0n) is 13.3. The second kappa shape index (κ2) is 8.24. The van der Waals surface area contributed by atoms with Crippen molar-refractivity contribution in [2.24, 2.45) is 0 Å². The van der Waals surface area contributed by atoms with Crippen LogP contribution in [0.1, 0.15) is 18.9 Å². The van der Waals surface area contributed by atoms with Gasteiger partial charge < -0.3 is 9.80 Å². The maximum absolute atomic E-state index is 12.4. The van der Waals surface area contributed by atoms with Gasteiger partial charge in [-0.1, -0.05) is 6.92 Å². The zero-order valence-corrected chi connectivity index (χ0v) is 14.1. The number of rotatable bonds is 6. The molecule has 0 atom stereocenters. The number of piperazine rings is 1. The summed E-state index contributed by atoms with van der Waals surface area (Å²) >= 11 is 1.65. The first-order valence-corrected chi connectivity index (χ1v) is 8.62. The lowest BCUT2D eigenvalue weighted by molar-refractivity contribution is -0.139. The molecule has 0 aliphatic carbocycles. The third-order valence-electron chi connectivity index (χ3n) is 4.01. The largest absolute Gasteiger partial charge is 0.339 e. The summed E-state index contributed by atoms with van der Waals surface area (Å²) in [6.45, 7) is 8.37. The molecule has 1 aliphatic heterocycles. The summed E-state index contributed by atoms with van der Waals surface area (Å²) < 4.78 is 0. The van der Waals surface area contributed by atoms with Crippen molar-refractivity contribution in [3.8, 4) is 0 Å². The molecule has 0 bridgehead atoms. The lowest BCUT2D eigenvalue weighted by atomic mass is 10.3. The summed E-state index contributed by atoms with van der Waals surface area (Å²) in [7, 11) is 0. The topological polar surface area (TPSA) is 56.8 Å². The van der Waals surface area contributed by atoms with Crippen LogP contribution in [0.25, 0.3) is 0 Å². The highest BCUT2D eigenvalue weighted by molar-refractivity contribution is 7.09. The quantitative estimate of drug-likeness (QED) is 0.773. The number of amides is 2. The van der Waals surface area contributed by atoms with Gasteiger partial charge in [-0.25, -0.2) is 4.98 Å². The van der Waals surface area contributed by atoms with Gasteiger partial charge in [-0.3, -0.25) is 14.5 Å². The number of carbonyl (C=O) groups excluding carboxylic acids is 2. The molecule has 2 amide bonds. The smallest absolute Gasteiger partial charge is 0.236 e. The van der Waals surface area contributed by atoms with Crippen LogP contribution < -0.4 is 0 Å². The predicted molar refractivity (Wildman–Crippen MR) is 86.8 cm³/mol. The molecule has 1 saturated heterocycles. The molecule has 0 saturated carbocycles. The van der Waals surface area contributed by atoms with E-state index >= 15 is 0 Å². The van der Waals surface area contributed by atoms with Gasteiger partial charge >= 0.3 is 0 Å². The van der Waals surface area contributed by atoms with Crippen molar-refractivity contribution in [2.45, 2.75) is 20.3 Å². The van der Waals surface area contributed by atoms with Gasteiger partial charge in [0.05, 0.1) is 11.6 Å². The Morgan fingerprint density at radius 2 is 1.95 bits per heavy atom. The van der Waals surface area contributed by atoms with Crippen LogP contribution in [0, 0.1) is 0 Å². The maximum atomic E-state index is 12.4. The number of hydrogen-bond acceptors (Lipinski definition) is 5. The standard InChI is InChI=1S/C15H24N4O2S/c1-3-17(6-4-14-16-5-11-22-14)12-15(21)19-9-7-18(8-10-19)13(2)20/h5,11H,3-4,6-10,12H2,1-2H3. The molecule has 7 heteroatoms. The third kappa shape index (κ3) is 4.78. The van der Waals surface area contributed by atoms with Crippen LogP contribution in [-0.4, -0.2) is 77.3 Å². The van der Waals surface area contributed by atoms with Crippen molar-refractivity contribution in [1.29, 1.82) is 0 Å². The summed E-state index contributed by atoms with van der Waals surface area (Å²) in [5, 5.41) is 3.09. The molecule has 122 valence electrons. The fraction of sp³-hybridized carbons (Fsp3) is 0.667. The van der Waals surface area contributed by atoms with Crippen LogP contribution in [0.3, 0.4) is 0 Å². The van der Waals surface area contributed by atoms with E-state index in [1.807, 2.05) is 16.5 Å². The second-order valence-corrected chi connectivity index (χ2v) is 6.41. The molecule has 0 N–H and O–H groups in total. The first-order chi connectivity index (χ1) is 10.6. The fourth-order valence-corrected chi connectivity index (χ4v) is 3.15. The molecule has 22 heavy (non-hydrogen) atoms. The predicted octanol–water partition coefficient (Wildman–Crippen LogP) is 0.698. The Kier molecular flexibility index (Phi) is 6.33. The molecule has 1 aliphatic rings. The number of nitrogens with zero attached hydrogens (tertiary/aromatic N) is 4.